The Morgan fingerprint density at radius 1 is 0.960 bits per heavy atom. The summed E-state index contributed by atoms with van der Waals surface area (Å²) in [5, 5.41) is 5.49. The van der Waals surface area contributed by atoms with Crippen LogP contribution in [0.4, 0.5) is 11.4 Å². The Balaban J connectivity index is 1.44. The molecule has 1 saturated heterocycles. The highest BCUT2D eigenvalue weighted by Gasteiger charge is 2.13. The summed E-state index contributed by atoms with van der Waals surface area (Å²) in [6, 6.07) is 11.4. The van der Waals surface area contributed by atoms with Gasteiger partial charge in [-0.05, 0) is 54.8 Å². The maximum atomic E-state index is 12.0. The first-order valence-corrected chi connectivity index (χ1v) is 8.51. The number of hydrogen-bond acceptors (Lipinski definition) is 4. The first-order chi connectivity index (χ1) is 12.2. The van der Waals surface area contributed by atoms with Gasteiger partial charge in [0.05, 0.1) is 0 Å². The fourth-order valence-electron chi connectivity index (χ4n) is 2.85. The van der Waals surface area contributed by atoms with Gasteiger partial charge in [0.15, 0.2) is 0 Å². The number of anilines is 2. The Hall–Kier alpha value is -2.89. The molecule has 0 radical (unpaired) electrons. The second kappa shape index (κ2) is 8.28. The predicted octanol–water partition coefficient (Wildman–Crippen LogP) is 2.33. The summed E-state index contributed by atoms with van der Waals surface area (Å²) >= 11 is 0. The van der Waals surface area contributed by atoms with Crippen molar-refractivity contribution in [2.75, 3.05) is 23.3 Å². The van der Waals surface area contributed by atoms with Gasteiger partial charge < -0.3 is 15.5 Å². The molecule has 0 atom stereocenters. The lowest BCUT2D eigenvalue weighted by molar-refractivity contribution is -0.126. The molecule has 2 heterocycles. The highest BCUT2D eigenvalue weighted by Crippen LogP contribution is 2.22. The number of carbonyl (C=O) groups is 2. The second-order valence-electron chi connectivity index (χ2n) is 6.10. The van der Waals surface area contributed by atoms with E-state index in [1.807, 2.05) is 36.4 Å². The minimum atomic E-state index is -0.318. The maximum absolute atomic E-state index is 12.0. The minimum Gasteiger partial charge on any atom is -0.372 e. The van der Waals surface area contributed by atoms with Gasteiger partial charge in [0.2, 0.25) is 11.8 Å². The van der Waals surface area contributed by atoms with Crippen LogP contribution in [0.2, 0.25) is 0 Å². The molecule has 130 valence electrons. The van der Waals surface area contributed by atoms with Gasteiger partial charge in [-0.15, -0.1) is 0 Å². The van der Waals surface area contributed by atoms with E-state index in [-0.39, 0.29) is 18.2 Å². The molecule has 1 aliphatic heterocycles. The molecule has 1 aliphatic rings. The summed E-state index contributed by atoms with van der Waals surface area (Å²) in [6.45, 7) is 2.56. The molecular weight excluding hydrogens is 316 g/mol. The molecule has 25 heavy (non-hydrogen) atoms. The Morgan fingerprint density at radius 2 is 1.64 bits per heavy atom. The minimum absolute atomic E-state index is 0.195. The van der Waals surface area contributed by atoms with Gasteiger partial charge in [-0.3, -0.25) is 14.6 Å². The average molecular weight is 338 g/mol. The Kier molecular flexibility index (Phi) is 5.61. The molecule has 6 heteroatoms. The first kappa shape index (κ1) is 17.0. The lowest BCUT2D eigenvalue weighted by atomic mass is 10.2. The van der Waals surface area contributed by atoms with Crippen LogP contribution in [0.5, 0.6) is 0 Å². The molecule has 0 saturated carbocycles. The first-order valence-electron chi connectivity index (χ1n) is 8.51. The van der Waals surface area contributed by atoms with E-state index < -0.39 is 0 Å². The van der Waals surface area contributed by atoms with E-state index >= 15 is 0 Å². The summed E-state index contributed by atoms with van der Waals surface area (Å²) in [4.78, 5) is 30.1. The third-order valence-corrected chi connectivity index (χ3v) is 4.18. The fraction of sp³-hybridized carbons (Fsp3) is 0.316. The molecule has 2 aromatic rings. The summed E-state index contributed by atoms with van der Waals surface area (Å²) < 4.78 is 0. The van der Waals surface area contributed by atoms with Crippen LogP contribution >= 0.6 is 0 Å². The molecular formula is C19H22N4O2. The zero-order valence-electron chi connectivity index (χ0n) is 14.1. The van der Waals surface area contributed by atoms with E-state index in [2.05, 4.69) is 20.5 Å². The highest BCUT2D eigenvalue weighted by atomic mass is 16.2. The Labute approximate surface area is 147 Å². The number of benzene rings is 1. The lowest BCUT2D eigenvalue weighted by Crippen LogP contribution is -2.27. The number of rotatable bonds is 6. The molecule has 1 aromatic heterocycles. The quantitative estimate of drug-likeness (QED) is 0.793. The van der Waals surface area contributed by atoms with Crippen LogP contribution in [-0.2, 0) is 16.1 Å². The largest absolute Gasteiger partial charge is 0.372 e. The molecule has 0 bridgehead atoms. The zero-order chi connectivity index (χ0) is 17.5. The van der Waals surface area contributed by atoms with Crippen LogP contribution in [-0.4, -0.2) is 29.9 Å². The molecule has 6 nitrogen and oxygen atoms in total. The van der Waals surface area contributed by atoms with Gasteiger partial charge in [-0.1, -0.05) is 0 Å². The molecule has 1 fully saturated rings. The average Bonchev–Trinajstić information content (AvgIpc) is 3.16. The molecule has 0 aliphatic carbocycles. The SMILES string of the molecule is O=C(CC(=O)Nc1ccc(N2CCCC2)cc1)NCc1ccncc1. The summed E-state index contributed by atoms with van der Waals surface area (Å²) in [6.07, 6.45) is 5.60. The van der Waals surface area contributed by atoms with Crippen LogP contribution in [0.3, 0.4) is 0 Å². The summed E-state index contributed by atoms with van der Waals surface area (Å²) in [5.74, 6) is -0.621. The van der Waals surface area contributed by atoms with E-state index in [4.69, 9.17) is 0 Å². The normalized spacial score (nSPS) is 13.5. The van der Waals surface area contributed by atoms with E-state index in [0.29, 0.717) is 12.2 Å². The van der Waals surface area contributed by atoms with Crippen molar-refractivity contribution in [3.05, 3.63) is 54.4 Å². The maximum Gasteiger partial charge on any atom is 0.233 e. The summed E-state index contributed by atoms with van der Waals surface area (Å²) in [7, 11) is 0. The van der Waals surface area contributed by atoms with Crippen molar-refractivity contribution in [3.63, 3.8) is 0 Å². The molecule has 1 aromatic carbocycles. The monoisotopic (exact) mass is 338 g/mol. The smallest absolute Gasteiger partial charge is 0.233 e. The van der Waals surface area contributed by atoms with Crippen molar-refractivity contribution in [1.82, 2.24) is 10.3 Å². The van der Waals surface area contributed by atoms with Gasteiger partial charge in [0, 0.05) is 43.4 Å². The Morgan fingerprint density at radius 3 is 2.32 bits per heavy atom. The van der Waals surface area contributed by atoms with Crippen LogP contribution in [0, 0.1) is 0 Å². The van der Waals surface area contributed by atoms with Crippen molar-refractivity contribution in [3.8, 4) is 0 Å². The standard InChI is InChI=1S/C19H22N4O2/c24-18(21-14-15-7-9-20-10-8-15)13-19(25)22-16-3-5-17(6-4-16)23-11-1-2-12-23/h3-10H,1-2,11-14H2,(H,21,24)(H,22,25). The molecule has 2 amide bonds. The third kappa shape index (κ3) is 5.04. The topological polar surface area (TPSA) is 74.3 Å². The number of aromatic nitrogens is 1. The second-order valence-corrected chi connectivity index (χ2v) is 6.10. The highest BCUT2D eigenvalue weighted by molar-refractivity contribution is 6.03. The lowest BCUT2D eigenvalue weighted by Gasteiger charge is -2.17. The van der Waals surface area contributed by atoms with E-state index in [1.54, 1.807) is 12.4 Å². The number of nitrogens with zero attached hydrogens (tertiary/aromatic N) is 2. The molecule has 0 spiro atoms. The zero-order valence-corrected chi connectivity index (χ0v) is 14.1. The van der Waals surface area contributed by atoms with Gasteiger partial charge in [-0.2, -0.15) is 0 Å². The van der Waals surface area contributed by atoms with Crippen LogP contribution in [0.25, 0.3) is 0 Å². The van der Waals surface area contributed by atoms with Crippen molar-refractivity contribution >= 4 is 23.2 Å². The Bertz CT molecular complexity index is 710. The van der Waals surface area contributed by atoms with Crippen molar-refractivity contribution < 1.29 is 9.59 Å². The van der Waals surface area contributed by atoms with Crippen LogP contribution in [0.1, 0.15) is 24.8 Å². The molecule has 2 N–H and O–H groups in total. The number of hydrogen-bond donors (Lipinski definition) is 2. The number of nitrogens with one attached hydrogen (secondary N) is 2. The number of amides is 2. The van der Waals surface area contributed by atoms with Gasteiger partial charge in [0.1, 0.15) is 6.42 Å². The van der Waals surface area contributed by atoms with E-state index in [0.717, 1.165) is 18.7 Å². The van der Waals surface area contributed by atoms with Gasteiger partial charge in [-0.25, -0.2) is 0 Å². The molecule has 0 unspecified atom stereocenters. The predicted molar refractivity (Wildman–Crippen MR) is 97.2 cm³/mol. The van der Waals surface area contributed by atoms with Crippen LogP contribution in [0.15, 0.2) is 48.8 Å². The van der Waals surface area contributed by atoms with E-state index in [9.17, 15) is 9.59 Å². The fourth-order valence-corrected chi connectivity index (χ4v) is 2.85. The van der Waals surface area contributed by atoms with Crippen LogP contribution < -0.4 is 15.5 Å². The van der Waals surface area contributed by atoms with Gasteiger partial charge >= 0.3 is 0 Å². The molecule has 3 rings (SSSR count). The van der Waals surface area contributed by atoms with Gasteiger partial charge in [0.25, 0.3) is 0 Å². The van der Waals surface area contributed by atoms with Crippen molar-refractivity contribution in [2.45, 2.75) is 25.8 Å². The van der Waals surface area contributed by atoms with E-state index in [1.165, 1.54) is 18.5 Å². The number of carbonyl (C=O) groups excluding carboxylic acids is 2. The third-order valence-electron chi connectivity index (χ3n) is 4.18. The van der Waals surface area contributed by atoms with Crippen molar-refractivity contribution in [1.29, 1.82) is 0 Å². The summed E-state index contributed by atoms with van der Waals surface area (Å²) in [5.41, 5.74) is 2.82. The van der Waals surface area contributed by atoms with Crippen molar-refractivity contribution in [2.24, 2.45) is 0 Å². The number of pyridine rings is 1.